The zero-order valence-corrected chi connectivity index (χ0v) is 11.7. The first-order valence-corrected chi connectivity index (χ1v) is 6.84. The third kappa shape index (κ3) is 2.19. The summed E-state index contributed by atoms with van der Waals surface area (Å²) in [5.41, 5.74) is 3.01. The summed E-state index contributed by atoms with van der Waals surface area (Å²) in [6, 6.07) is 8.38. The van der Waals surface area contributed by atoms with Gasteiger partial charge in [-0.3, -0.25) is 4.79 Å². The van der Waals surface area contributed by atoms with E-state index in [1.54, 1.807) is 0 Å². The number of aromatic amines is 1. The molecule has 5 heteroatoms. The van der Waals surface area contributed by atoms with Crippen LogP contribution in [0.4, 0.5) is 0 Å². The largest absolute Gasteiger partial charge is 0.344 e. The third-order valence-electron chi connectivity index (χ3n) is 4.08. The van der Waals surface area contributed by atoms with E-state index >= 15 is 0 Å². The van der Waals surface area contributed by atoms with Crippen LogP contribution in [0.25, 0.3) is 0 Å². The molecule has 1 atom stereocenters. The van der Waals surface area contributed by atoms with E-state index in [1.165, 1.54) is 17.3 Å². The van der Waals surface area contributed by atoms with Crippen LogP contribution in [0.5, 0.6) is 0 Å². The number of hydrogen-bond donors (Lipinski definition) is 2. The Balaban J connectivity index is 1.87. The Morgan fingerprint density at radius 2 is 2.20 bits per heavy atom. The van der Waals surface area contributed by atoms with E-state index < -0.39 is 0 Å². The third-order valence-corrected chi connectivity index (χ3v) is 4.08. The lowest BCUT2D eigenvalue weighted by atomic mass is 9.71. The van der Waals surface area contributed by atoms with E-state index in [-0.39, 0.29) is 17.4 Å². The molecule has 0 fully saturated rings. The van der Waals surface area contributed by atoms with Crippen molar-refractivity contribution < 1.29 is 4.79 Å². The maximum atomic E-state index is 12.1. The molecule has 1 unspecified atom stereocenters. The van der Waals surface area contributed by atoms with Crippen LogP contribution in [0.3, 0.4) is 0 Å². The zero-order valence-electron chi connectivity index (χ0n) is 11.7. The smallest absolute Gasteiger partial charge is 0.273 e. The van der Waals surface area contributed by atoms with Gasteiger partial charge in [0.2, 0.25) is 0 Å². The number of hydrogen-bond acceptors (Lipinski definition) is 3. The maximum absolute atomic E-state index is 12.1. The van der Waals surface area contributed by atoms with Crippen LogP contribution in [0.2, 0.25) is 0 Å². The van der Waals surface area contributed by atoms with E-state index in [4.69, 9.17) is 0 Å². The molecule has 2 aromatic rings. The van der Waals surface area contributed by atoms with Crippen LogP contribution >= 0.6 is 0 Å². The molecule has 1 aromatic heterocycles. The highest BCUT2D eigenvalue weighted by Gasteiger charge is 2.33. The molecular formula is C15H18N4O. The van der Waals surface area contributed by atoms with Crippen LogP contribution in [0, 0.1) is 0 Å². The first-order valence-electron chi connectivity index (χ1n) is 6.84. The SMILES string of the molecule is CC1(C)CCC(NC(=O)c2cn[nH]n2)c2ccccc21. The van der Waals surface area contributed by atoms with Gasteiger partial charge in [-0.2, -0.15) is 15.4 Å². The minimum Gasteiger partial charge on any atom is -0.344 e. The van der Waals surface area contributed by atoms with Crippen LogP contribution in [-0.2, 0) is 5.41 Å². The molecule has 2 N–H and O–H groups in total. The van der Waals surface area contributed by atoms with Gasteiger partial charge in [0.05, 0.1) is 12.2 Å². The molecule has 1 aliphatic rings. The van der Waals surface area contributed by atoms with Crippen LogP contribution in [0.1, 0.15) is 54.3 Å². The Bertz CT molecular complexity index is 619. The number of rotatable bonds is 2. The molecule has 0 saturated heterocycles. The predicted molar refractivity (Wildman–Crippen MR) is 75.3 cm³/mol. The summed E-state index contributed by atoms with van der Waals surface area (Å²) >= 11 is 0. The van der Waals surface area contributed by atoms with Crippen molar-refractivity contribution in [3.63, 3.8) is 0 Å². The normalized spacial score (nSPS) is 20.2. The van der Waals surface area contributed by atoms with Gasteiger partial charge in [-0.05, 0) is 29.4 Å². The second-order valence-electron chi connectivity index (χ2n) is 5.89. The zero-order chi connectivity index (χ0) is 14.2. The summed E-state index contributed by atoms with van der Waals surface area (Å²) in [5.74, 6) is -0.182. The van der Waals surface area contributed by atoms with Gasteiger partial charge < -0.3 is 5.32 Å². The fourth-order valence-electron chi connectivity index (χ4n) is 2.91. The lowest BCUT2D eigenvalue weighted by molar-refractivity contribution is 0.0924. The fourth-order valence-corrected chi connectivity index (χ4v) is 2.91. The van der Waals surface area contributed by atoms with Gasteiger partial charge in [0.25, 0.3) is 5.91 Å². The first kappa shape index (κ1) is 12.8. The van der Waals surface area contributed by atoms with E-state index in [2.05, 4.69) is 52.8 Å². The summed E-state index contributed by atoms with van der Waals surface area (Å²) in [7, 11) is 0. The van der Waals surface area contributed by atoms with Crippen LogP contribution < -0.4 is 5.32 Å². The first-order chi connectivity index (χ1) is 9.58. The van der Waals surface area contributed by atoms with Crippen molar-refractivity contribution in [1.82, 2.24) is 20.7 Å². The van der Waals surface area contributed by atoms with Crippen molar-refractivity contribution in [3.05, 3.63) is 47.3 Å². The highest BCUT2D eigenvalue weighted by Crippen LogP contribution is 2.41. The van der Waals surface area contributed by atoms with Crippen molar-refractivity contribution in [3.8, 4) is 0 Å². The number of H-pyrrole nitrogens is 1. The highest BCUT2D eigenvalue weighted by atomic mass is 16.2. The quantitative estimate of drug-likeness (QED) is 0.880. The molecule has 1 heterocycles. The fraction of sp³-hybridized carbons (Fsp3) is 0.400. The number of amides is 1. The number of fused-ring (bicyclic) bond motifs is 1. The Morgan fingerprint density at radius 1 is 1.40 bits per heavy atom. The number of carbonyl (C=O) groups excluding carboxylic acids is 1. The average Bonchev–Trinajstić information content (AvgIpc) is 2.96. The predicted octanol–water partition coefficient (Wildman–Crippen LogP) is 2.35. The summed E-state index contributed by atoms with van der Waals surface area (Å²) < 4.78 is 0. The van der Waals surface area contributed by atoms with Gasteiger partial charge in [0, 0.05) is 0 Å². The van der Waals surface area contributed by atoms with Gasteiger partial charge >= 0.3 is 0 Å². The highest BCUT2D eigenvalue weighted by molar-refractivity contribution is 5.92. The second-order valence-corrected chi connectivity index (χ2v) is 5.89. The summed E-state index contributed by atoms with van der Waals surface area (Å²) in [5, 5.41) is 13.0. The summed E-state index contributed by atoms with van der Waals surface area (Å²) in [6.07, 6.45) is 3.43. The number of nitrogens with one attached hydrogen (secondary N) is 2. The Hall–Kier alpha value is -2.17. The maximum Gasteiger partial charge on any atom is 0.273 e. The van der Waals surface area contributed by atoms with Crippen molar-refractivity contribution in [1.29, 1.82) is 0 Å². The number of aromatic nitrogens is 3. The molecule has 20 heavy (non-hydrogen) atoms. The van der Waals surface area contributed by atoms with Gasteiger partial charge in [-0.1, -0.05) is 38.1 Å². The Labute approximate surface area is 117 Å². The molecule has 0 bridgehead atoms. The molecule has 0 aliphatic heterocycles. The molecule has 1 aliphatic carbocycles. The van der Waals surface area contributed by atoms with Crippen molar-refractivity contribution >= 4 is 5.91 Å². The minimum absolute atomic E-state index is 0.0448. The van der Waals surface area contributed by atoms with Crippen molar-refractivity contribution in [2.24, 2.45) is 0 Å². The molecular weight excluding hydrogens is 252 g/mol. The number of benzene rings is 1. The van der Waals surface area contributed by atoms with Crippen molar-refractivity contribution in [2.75, 3.05) is 0 Å². The van der Waals surface area contributed by atoms with Gasteiger partial charge in [-0.25, -0.2) is 0 Å². The lowest BCUT2D eigenvalue weighted by Crippen LogP contribution is -2.35. The van der Waals surface area contributed by atoms with E-state index in [9.17, 15) is 4.79 Å². The molecule has 3 rings (SSSR count). The van der Waals surface area contributed by atoms with E-state index in [1.807, 2.05) is 6.07 Å². The minimum atomic E-state index is -0.182. The summed E-state index contributed by atoms with van der Waals surface area (Å²) in [4.78, 5) is 12.1. The standard InChI is InChI=1S/C15H18N4O/c1-15(2)8-7-12(10-5-3-4-6-11(10)15)17-14(20)13-9-16-19-18-13/h3-6,9,12H,7-8H2,1-2H3,(H,17,20)(H,16,18,19). The average molecular weight is 270 g/mol. The second kappa shape index (κ2) is 4.74. The molecule has 104 valence electrons. The van der Waals surface area contributed by atoms with E-state index in [0.29, 0.717) is 5.69 Å². The molecule has 1 aromatic carbocycles. The Kier molecular flexibility index (Phi) is 3.04. The molecule has 5 nitrogen and oxygen atoms in total. The van der Waals surface area contributed by atoms with Crippen LogP contribution in [0.15, 0.2) is 30.5 Å². The molecule has 0 spiro atoms. The van der Waals surface area contributed by atoms with E-state index in [0.717, 1.165) is 12.8 Å². The van der Waals surface area contributed by atoms with Gasteiger partial charge in [-0.15, -0.1) is 0 Å². The van der Waals surface area contributed by atoms with Crippen molar-refractivity contribution in [2.45, 2.75) is 38.1 Å². The van der Waals surface area contributed by atoms with Gasteiger partial charge in [0.15, 0.2) is 5.69 Å². The molecule has 1 amide bonds. The molecule has 0 radical (unpaired) electrons. The lowest BCUT2D eigenvalue weighted by Gasteiger charge is -2.37. The Morgan fingerprint density at radius 3 is 2.95 bits per heavy atom. The number of nitrogens with zero attached hydrogens (tertiary/aromatic N) is 2. The monoisotopic (exact) mass is 270 g/mol. The summed E-state index contributed by atoms with van der Waals surface area (Å²) in [6.45, 7) is 4.50. The van der Waals surface area contributed by atoms with Crippen LogP contribution in [-0.4, -0.2) is 21.3 Å². The molecule has 0 saturated carbocycles. The number of carbonyl (C=O) groups is 1. The van der Waals surface area contributed by atoms with Gasteiger partial charge in [0.1, 0.15) is 0 Å². The topological polar surface area (TPSA) is 70.7 Å².